The molecule has 0 rings (SSSR count). The first kappa shape index (κ1) is 21.9. The molecule has 0 fully saturated rings. The molecule has 0 spiro atoms. The summed E-state index contributed by atoms with van der Waals surface area (Å²) in [5.41, 5.74) is 0. The van der Waals surface area contributed by atoms with E-state index in [2.05, 4.69) is 0 Å². The minimum Gasteiger partial charge on any atom is -0.550 e. The number of hydrogen-bond donors (Lipinski definition) is 1. The van der Waals surface area contributed by atoms with Gasteiger partial charge in [0.25, 0.3) is 0 Å². The first-order valence-electron chi connectivity index (χ1n) is 7.04. The average molecular weight is 296 g/mol. The van der Waals surface area contributed by atoms with E-state index < -0.39 is 11.9 Å². The van der Waals surface area contributed by atoms with Gasteiger partial charge in [0.2, 0.25) is 0 Å². The Kier molecular flexibility index (Phi) is 19.1. The minimum absolute atomic E-state index is 0. The van der Waals surface area contributed by atoms with Crippen molar-refractivity contribution >= 4 is 11.9 Å². The van der Waals surface area contributed by atoms with Gasteiger partial charge in [-0.1, -0.05) is 51.4 Å². The van der Waals surface area contributed by atoms with Gasteiger partial charge >= 0.3 is 57.4 Å². The molecule has 5 heteroatoms. The van der Waals surface area contributed by atoms with Gasteiger partial charge in [0.1, 0.15) is 0 Å². The van der Waals surface area contributed by atoms with Crippen molar-refractivity contribution in [3.05, 3.63) is 0 Å². The van der Waals surface area contributed by atoms with Crippen LogP contribution in [0, 0.1) is 0 Å². The van der Waals surface area contributed by atoms with E-state index in [0.29, 0.717) is 6.42 Å². The Morgan fingerprint density at radius 2 is 1.00 bits per heavy atom. The molecule has 0 unspecified atom stereocenters. The van der Waals surface area contributed by atoms with Crippen molar-refractivity contribution in [2.75, 3.05) is 0 Å². The van der Waals surface area contributed by atoms with Crippen molar-refractivity contribution in [2.24, 2.45) is 0 Å². The summed E-state index contributed by atoms with van der Waals surface area (Å²) in [6.45, 7) is 0. The summed E-state index contributed by atoms with van der Waals surface area (Å²) in [6.07, 6.45) is 11.0. The molecule has 0 aromatic rings. The zero-order valence-electron chi connectivity index (χ0n) is 12.2. The number of aliphatic carboxylic acids is 2. The molecular formula is C14H25KO4. The largest absolute Gasteiger partial charge is 1.00 e. The smallest absolute Gasteiger partial charge is 0.550 e. The van der Waals surface area contributed by atoms with E-state index in [9.17, 15) is 14.7 Å². The number of unbranched alkanes of at least 4 members (excludes halogenated alkanes) is 9. The third kappa shape index (κ3) is 21.0. The van der Waals surface area contributed by atoms with Crippen LogP contribution in [-0.4, -0.2) is 17.0 Å². The maximum Gasteiger partial charge on any atom is 1.00 e. The summed E-state index contributed by atoms with van der Waals surface area (Å²) < 4.78 is 0. The zero-order chi connectivity index (χ0) is 13.6. The van der Waals surface area contributed by atoms with Crippen molar-refractivity contribution in [3.63, 3.8) is 0 Å². The maximum absolute atomic E-state index is 10.3. The van der Waals surface area contributed by atoms with Gasteiger partial charge in [-0.15, -0.1) is 0 Å². The van der Waals surface area contributed by atoms with Crippen LogP contribution in [0.1, 0.15) is 77.0 Å². The SMILES string of the molecule is O=C([O-])CCCCCCCCCCCCC(=O)O.[K+]. The van der Waals surface area contributed by atoms with Gasteiger partial charge in [-0.3, -0.25) is 4.79 Å². The second-order valence-electron chi connectivity index (χ2n) is 4.80. The molecule has 1 N–H and O–H groups in total. The number of carboxylic acid groups (broad SMARTS) is 2. The molecule has 0 radical (unpaired) electrons. The standard InChI is InChI=1S/C14H26O4.K/c15-13(16)11-9-7-5-3-1-2-4-6-8-10-12-14(17)18;/h1-12H2,(H,15,16)(H,17,18);/q;+1/p-1. The van der Waals surface area contributed by atoms with E-state index in [1.54, 1.807) is 0 Å². The third-order valence-corrected chi connectivity index (χ3v) is 3.02. The van der Waals surface area contributed by atoms with E-state index in [0.717, 1.165) is 38.5 Å². The molecule has 0 aromatic heterocycles. The van der Waals surface area contributed by atoms with Crippen LogP contribution in [-0.2, 0) is 9.59 Å². The van der Waals surface area contributed by atoms with Crippen molar-refractivity contribution in [1.82, 2.24) is 0 Å². The molecule has 0 atom stereocenters. The zero-order valence-corrected chi connectivity index (χ0v) is 15.3. The van der Waals surface area contributed by atoms with Gasteiger partial charge in [0.15, 0.2) is 0 Å². The van der Waals surface area contributed by atoms with E-state index >= 15 is 0 Å². The molecule has 0 aromatic carbocycles. The molecule has 0 amide bonds. The predicted octanol–water partition coefficient (Wildman–Crippen LogP) is -0.494. The quantitative estimate of drug-likeness (QED) is 0.367. The Morgan fingerprint density at radius 3 is 1.32 bits per heavy atom. The van der Waals surface area contributed by atoms with Gasteiger partial charge in [0, 0.05) is 12.4 Å². The van der Waals surface area contributed by atoms with Crippen LogP contribution in [0.15, 0.2) is 0 Å². The van der Waals surface area contributed by atoms with E-state index in [1.807, 2.05) is 0 Å². The number of rotatable bonds is 13. The molecule has 4 nitrogen and oxygen atoms in total. The monoisotopic (exact) mass is 296 g/mol. The maximum atomic E-state index is 10.3. The van der Waals surface area contributed by atoms with Crippen LogP contribution < -0.4 is 56.5 Å². The van der Waals surface area contributed by atoms with Crippen molar-refractivity contribution in [2.45, 2.75) is 77.0 Å². The van der Waals surface area contributed by atoms with Gasteiger partial charge in [0.05, 0.1) is 0 Å². The van der Waals surface area contributed by atoms with Crippen molar-refractivity contribution in [1.29, 1.82) is 0 Å². The van der Waals surface area contributed by atoms with Crippen LogP contribution in [0.4, 0.5) is 0 Å². The van der Waals surface area contributed by atoms with Crippen LogP contribution in [0.5, 0.6) is 0 Å². The Labute approximate surface area is 158 Å². The summed E-state index contributed by atoms with van der Waals surface area (Å²) in [5.74, 6) is -1.65. The van der Waals surface area contributed by atoms with Crippen LogP contribution >= 0.6 is 0 Å². The predicted molar refractivity (Wildman–Crippen MR) is 68.0 cm³/mol. The van der Waals surface area contributed by atoms with Gasteiger partial charge in [-0.25, -0.2) is 0 Å². The number of carboxylic acids is 2. The molecule has 0 aliphatic heterocycles. The van der Waals surface area contributed by atoms with E-state index in [1.165, 1.54) is 25.7 Å². The molecule has 0 saturated carbocycles. The summed E-state index contributed by atoms with van der Waals surface area (Å²) in [5, 5.41) is 18.6. The van der Waals surface area contributed by atoms with Crippen LogP contribution in [0.3, 0.4) is 0 Å². The molecule has 0 aliphatic rings. The molecule has 106 valence electrons. The van der Waals surface area contributed by atoms with Crippen molar-refractivity contribution in [3.8, 4) is 0 Å². The van der Waals surface area contributed by atoms with Crippen molar-refractivity contribution < 1.29 is 71.2 Å². The fourth-order valence-electron chi connectivity index (χ4n) is 1.96. The molecule has 0 heterocycles. The molecule has 0 saturated heterocycles. The summed E-state index contributed by atoms with van der Waals surface area (Å²) in [6, 6.07) is 0. The van der Waals surface area contributed by atoms with E-state index in [4.69, 9.17) is 5.11 Å². The Morgan fingerprint density at radius 1 is 0.684 bits per heavy atom. The van der Waals surface area contributed by atoms with Gasteiger partial charge in [-0.05, 0) is 19.3 Å². The topological polar surface area (TPSA) is 77.4 Å². The normalized spacial score (nSPS) is 9.89. The molecule has 0 bridgehead atoms. The second-order valence-corrected chi connectivity index (χ2v) is 4.80. The molecule has 0 aliphatic carbocycles. The minimum atomic E-state index is -0.948. The summed E-state index contributed by atoms with van der Waals surface area (Å²) >= 11 is 0. The van der Waals surface area contributed by atoms with E-state index in [-0.39, 0.29) is 57.8 Å². The Hall–Kier alpha value is 0.576. The number of carbonyl (C=O) groups excluding carboxylic acids is 1. The molecular weight excluding hydrogens is 271 g/mol. The van der Waals surface area contributed by atoms with Crippen LogP contribution in [0.2, 0.25) is 0 Å². The van der Waals surface area contributed by atoms with Gasteiger partial charge in [-0.2, -0.15) is 0 Å². The second kappa shape index (κ2) is 16.6. The fraction of sp³-hybridized carbons (Fsp3) is 0.857. The first-order chi connectivity index (χ1) is 8.63. The third-order valence-electron chi connectivity index (χ3n) is 3.02. The Balaban J connectivity index is 0. The Bertz CT molecular complexity index is 207. The van der Waals surface area contributed by atoms with Gasteiger partial charge < -0.3 is 15.0 Å². The fourth-order valence-corrected chi connectivity index (χ4v) is 1.96. The summed E-state index contributed by atoms with van der Waals surface area (Å²) in [4.78, 5) is 20.4. The molecule has 19 heavy (non-hydrogen) atoms. The average Bonchev–Trinajstić information content (AvgIpc) is 2.29. The first-order valence-corrected chi connectivity index (χ1v) is 7.04. The number of carbonyl (C=O) groups is 2. The summed E-state index contributed by atoms with van der Waals surface area (Å²) in [7, 11) is 0. The number of hydrogen-bond acceptors (Lipinski definition) is 3. The van der Waals surface area contributed by atoms with Crippen LogP contribution in [0.25, 0.3) is 0 Å².